The maximum Gasteiger partial charge on any atom is 0.341 e. The molecule has 1 aromatic carbocycles. The van der Waals surface area contributed by atoms with Crippen LogP contribution in [0.15, 0.2) is 58.1 Å². The number of benzene rings is 1. The van der Waals surface area contributed by atoms with E-state index in [1.165, 1.54) is 18.6 Å². The monoisotopic (exact) mass is 297 g/mol. The van der Waals surface area contributed by atoms with Gasteiger partial charge in [0.15, 0.2) is 0 Å². The molecule has 0 amide bonds. The summed E-state index contributed by atoms with van der Waals surface area (Å²) in [5, 5.41) is 9.66. The van der Waals surface area contributed by atoms with Crippen LogP contribution in [0.4, 0.5) is 0 Å². The van der Waals surface area contributed by atoms with Gasteiger partial charge in [0, 0.05) is 0 Å². The number of carbonyl (C=O) groups excluding carboxylic acids is 1. The molecule has 1 N–H and O–H groups in total. The van der Waals surface area contributed by atoms with Crippen molar-refractivity contribution < 1.29 is 19.1 Å². The molecule has 6 heteroatoms. The fraction of sp³-hybridized carbons (Fsp3) is 0.0625. The van der Waals surface area contributed by atoms with E-state index in [-0.39, 0.29) is 6.42 Å². The molecule has 0 saturated carbocycles. The minimum atomic E-state index is -1.36. The average molecular weight is 297 g/mol. The zero-order valence-electron chi connectivity index (χ0n) is 11.4. The number of carboxylic acid groups (broad SMARTS) is 1. The van der Waals surface area contributed by atoms with Crippen LogP contribution in [-0.4, -0.2) is 21.6 Å². The molecule has 0 radical (unpaired) electrons. The van der Waals surface area contributed by atoms with Gasteiger partial charge in [-0.2, -0.15) is 0 Å². The molecule has 110 valence electrons. The molecule has 0 fully saturated rings. The quantitative estimate of drug-likeness (QED) is 0.800. The lowest BCUT2D eigenvalue weighted by molar-refractivity contribution is 0.0694. The van der Waals surface area contributed by atoms with E-state index >= 15 is 0 Å². The predicted octanol–water partition coefficient (Wildman–Crippen LogP) is 2.18. The van der Waals surface area contributed by atoms with Crippen molar-refractivity contribution in [1.82, 2.24) is 4.57 Å². The van der Waals surface area contributed by atoms with Crippen LogP contribution in [0.2, 0.25) is 0 Å². The highest BCUT2D eigenvalue weighted by Crippen LogP contribution is 2.14. The third-order valence-corrected chi connectivity index (χ3v) is 3.33. The van der Waals surface area contributed by atoms with Gasteiger partial charge in [0.2, 0.25) is 5.91 Å². The third kappa shape index (κ3) is 2.31. The summed E-state index contributed by atoms with van der Waals surface area (Å²) in [7, 11) is 0. The lowest BCUT2D eigenvalue weighted by Crippen LogP contribution is -2.32. The Morgan fingerprint density at radius 3 is 2.64 bits per heavy atom. The van der Waals surface area contributed by atoms with Crippen molar-refractivity contribution in [2.45, 2.75) is 6.42 Å². The third-order valence-electron chi connectivity index (χ3n) is 3.33. The van der Waals surface area contributed by atoms with Gasteiger partial charge in [-0.15, -0.1) is 0 Å². The Balaban J connectivity index is 2.22. The molecule has 6 nitrogen and oxygen atoms in total. The zero-order chi connectivity index (χ0) is 15.7. The first-order valence-electron chi connectivity index (χ1n) is 6.50. The maximum atomic E-state index is 12.5. The maximum absolute atomic E-state index is 12.5. The molecule has 0 aliphatic carbocycles. The molecule has 22 heavy (non-hydrogen) atoms. The molecule has 0 saturated heterocycles. The summed E-state index contributed by atoms with van der Waals surface area (Å²) in [6, 6.07) is 9.56. The molecular formula is C16H11NO5. The summed E-state index contributed by atoms with van der Waals surface area (Å²) < 4.78 is 5.81. The summed E-state index contributed by atoms with van der Waals surface area (Å²) in [5.74, 6) is -1.87. The minimum Gasteiger partial charge on any atom is -0.477 e. The molecule has 0 aliphatic heterocycles. The highest BCUT2D eigenvalue weighted by Gasteiger charge is 2.19. The van der Waals surface area contributed by atoms with Gasteiger partial charge in [0.1, 0.15) is 5.56 Å². The molecule has 0 unspecified atom stereocenters. The number of fused-ring (bicyclic) bond motifs is 1. The van der Waals surface area contributed by atoms with Crippen molar-refractivity contribution in [3.05, 3.63) is 70.4 Å². The van der Waals surface area contributed by atoms with Gasteiger partial charge in [-0.3, -0.25) is 9.59 Å². The molecule has 0 spiro atoms. The van der Waals surface area contributed by atoms with E-state index in [0.29, 0.717) is 16.5 Å². The van der Waals surface area contributed by atoms with Crippen molar-refractivity contribution in [3.63, 3.8) is 0 Å². The number of carbonyl (C=O) groups is 2. The summed E-state index contributed by atoms with van der Waals surface area (Å²) >= 11 is 0. The SMILES string of the molecule is O=C(O)c1cc2ccccc2n(C(=O)Cc2ccoc2)c1=O. The first-order valence-corrected chi connectivity index (χ1v) is 6.50. The average Bonchev–Trinajstić information content (AvgIpc) is 2.99. The number of furan rings is 1. The van der Waals surface area contributed by atoms with Crippen molar-refractivity contribution in [2.75, 3.05) is 0 Å². The van der Waals surface area contributed by atoms with E-state index in [1.807, 2.05) is 0 Å². The highest BCUT2D eigenvalue weighted by molar-refractivity contribution is 5.97. The van der Waals surface area contributed by atoms with Gasteiger partial charge in [-0.1, -0.05) is 18.2 Å². The van der Waals surface area contributed by atoms with Crippen LogP contribution < -0.4 is 5.56 Å². The number of para-hydroxylation sites is 1. The van der Waals surface area contributed by atoms with E-state index in [9.17, 15) is 14.4 Å². The van der Waals surface area contributed by atoms with E-state index in [2.05, 4.69) is 0 Å². The lowest BCUT2D eigenvalue weighted by Gasteiger charge is -2.09. The Morgan fingerprint density at radius 1 is 1.18 bits per heavy atom. The Bertz CT molecular complexity index is 921. The number of carboxylic acids is 1. The first-order chi connectivity index (χ1) is 10.6. The lowest BCUT2D eigenvalue weighted by atomic mass is 10.1. The number of pyridine rings is 1. The van der Waals surface area contributed by atoms with Crippen LogP contribution in [0.5, 0.6) is 0 Å². The van der Waals surface area contributed by atoms with E-state index < -0.39 is 23.0 Å². The predicted molar refractivity (Wildman–Crippen MR) is 78.2 cm³/mol. The molecule has 2 aromatic heterocycles. The van der Waals surface area contributed by atoms with Crippen LogP contribution in [-0.2, 0) is 6.42 Å². The van der Waals surface area contributed by atoms with Crippen LogP contribution in [0.1, 0.15) is 20.7 Å². The molecule has 2 heterocycles. The second kappa shape index (κ2) is 5.33. The fourth-order valence-electron chi connectivity index (χ4n) is 2.31. The van der Waals surface area contributed by atoms with Crippen LogP contribution >= 0.6 is 0 Å². The number of nitrogens with zero attached hydrogens (tertiary/aromatic N) is 1. The molecular weight excluding hydrogens is 286 g/mol. The Labute approximate surface area is 124 Å². The van der Waals surface area contributed by atoms with Crippen LogP contribution in [0, 0.1) is 0 Å². The second-order valence-electron chi connectivity index (χ2n) is 4.76. The van der Waals surface area contributed by atoms with E-state index in [0.717, 1.165) is 4.57 Å². The fourth-order valence-corrected chi connectivity index (χ4v) is 2.31. The molecule has 3 aromatic rings. The number of hydrogen-bond donors (Lipinski definition) is 1. The summed E-state index contributed by atoms with van der Waals surface area (Å²) in [6.45, 7) is 0. The Kier molecular flexibility index (Phi) is 3.34. The van der Waals surface area contributed by atoms with Crippen molar-refractivity contribution in [3.8, 4) is 0 Å². The van der Waals surface area contributed by atoms with E-state index in [4.69, 9.17) is 9.52 Å². The first kappa shape index (κ1) is 13.8. The zero-order valence-corrected chi connectivity index (χ0v) is 11.4. The van der Waals surface area contributed by atoms with Gasteiger partial charge >= 0.3 is 5.97 Å². The Hall–Kier alpha value is -3.15. The number of aromatic carboxylic acids is 1. The molecule has 3 rings (SSSR count). The van der Waals surface area contributed by atoms with Crippen molar-refractivity contribution in [1.29, 1.82) is 0 Å². The highest BCUT2D eigenvalue weighted by atomic mass is 16.4. The Morgan fingerprint density at radius 2 is 1.95 bits per heavy atom. The van der Waals surface area contributed by atoms with Crippen molar-refractivity contribution in [2.24, 2.45) is 0 Å². The second-order valence-corrected chi connectivity index (χ2v) is 4.76. The standard InChI is InChI=1S/C16H11NO5/c18-14(7-10-5-6-22-9-10)17-13-4-2-1-3-11(13)8-12(15(17)19)16(20)21/h1-6,8-9H,7H2,(H,20,21). The van der Waals surface area contributed by atoms with Gasteiger partial charge in [0.05, 0.1) is 24.5 Å². The van der Waals surface area contributed by atoms with Gasteiger partial charge < -0.3 is 9.52 Å². The molecule has 0 atom stereocenters. The number of rotatable bonds is 3. The van der Waals surface area contributed by atoms with Gasteiger partial charge in [-0.25, -0.2) is 9.36 Å². The minimum absolute atomic E-state index is 0.0521. The van der Waals surface area contributed by atoms with E-state index in [1.54, 1.807) is 30.3 Å². The van der Waals surface area contributed by atoms with Crippen LogP contribution in [0.25, 0.3) is 10.9 Å². The van der Waals surface area contributed by atoms with Crippen molar-refractivity contribution >= 4 is 22.8 Å². The topological polar surface area (TPSA) is 89.5 Å². The summed E-state index contributed by atoms with van der Waals surface area (Å²) in [5.41, 5.74) is -0.272. The largest absolute Gasteiger partial charge is 0.477 e. The summed E-state index contributed by atoms with van der Waals surface area (Å²) in [4.78, 5) is 36.0. The number of hydrogen-bond acceptors (Lipinski definition) is 4. The van der Waals surface area contributed by atoms with Gasteiger partial charge in [0.25, 0.3) is 5.56 Å². The smallest absolute Gasteiger partial charge is 0.341 e. The summed E-state index contributed by atoms with van der Waals surface area (Å²) in [6.07, 6.45) is 2.78. The number of aromatic nitrogens is 1. The molecule has 0 bridgehead atoms. The molecule has 0 aliphatic rings. The van der Waals surface area contributed by atoms with Gasteiger partial charge in [-0.05, 0) is 29.1 Å². The normalized spacial score (nSPS) is 10.7. The van der Waals surface area contributed by atoms with Crippen LogP contribution in [0.3, 0.4) is 0 Å².